The second kappa shape index (κ2) is 5.81. The standard InChI is InChI=1S/C14H25ClN4/c1-11-13(15)12(19(4)17-11)9-16-10-14(18(2)3)7-5-6-8-14/h16H,5-10H2,1-4H3. The number of aromatic nitrogens is 2. The molecule has 0 saturated heterocycles. The number of nitrogens with one attached hydrogen (secondary N) is 1. The van der Waals surface area contributed by atoms with Crippen LogP contribution in [0.4, 0.5) is 0 Å². The molecule has 0 amide bonds. The first-order valence-corrected chi connectivity index (χ1v) is 7.40. The van der Waals surface area contributed by atoms with Crippen LogP contribution in [-0.4, -0.2) is 40.9 Å². The summed E-state index contributed by atoms with van der Waals surface area (Å²) in [6, 6.07) is 0. The Morgan fingerprint density at radius 1 is 1.37 bits per heavy atom. The van der Waals surface area contributed by atoms with E-state index in [1.807, 2.05) is 18.7 Å². The van der Waals surface area contributed by atoms with Crippen LogP contribution >= 0.6 is 11.6 Å². The third kappa shape index (κ3) is 2.96. The zero-order valence-electron chi connectivity index (χ0n) is 12.5. The molecule has 19 heavy (non-hydrogen) atoms. The summed E-state index contributed by atoms with van der Waals surface area (Å²) >= 11 is 6.27. The van der Waals surface area contributed by atoms with Crippen LogP contribution in [0.25, 0.3) is 0 Å². The molecule has 108 valence electrons. The lowest BCUT2D eigenvalue weighted by molar-refractivity contribution is 0.153. The first kappa shape index (κ1) is 14.8. The molecule has 1 heterocycles. The van der Waals surface area contributed by atoms with E-state index in [-0.39, 0.29) is 0 Å². The van der Waals surface area contributed by atoms with Crippen LogP contribution in [-0.2, 0) is 13.6 Å². The van der Waals surface area contributed by atoms with Crippen molar-refractivity contribution < 1.29 is 0 Å². The molecule has 0 atom stereocenters. The van der Waals surface area contributed by atoms with Crippen LogP contribution in [0.5, 0.6) is 0 Å². The van der Waals surface area contributed by atoms with Gasteiger partial charge in [0.25, 0.3) is 0 Å². The molecule has 0 radical (unpaired) electrons. The molecular weight excluding hydrogens is 260 g/mol. The van der Waals surface area contributed by atoms with E-state index in [4.69, 9.17) is 11.6 Å². The molecule has 1 saturated carbocycles. The fourth-order valence-corrected chi connectivity index (χ4v) is 3.33. The third-order valence-electron chi connectivity index (χ3n) is 4.49. The average molecular weight is 285 g/mol. The Morgan fingerprint density at radius 2 is 2.00 bits per heavy atom. The largest absolute Gasteiger partial charge is 0.309 e. The van der Waals surface area contributed by atoms with Crippen LogP contribution < -0.4 is 5.32 Å². The molecule has 2 rings (SSSR count). The second-order valence-corrected chi connectivity index (χ2v) is 6.28. The van der Waals surface area contributed by atoms with Crippen molar-refractivity contribution in [3.05, 3.63) is 16.4 Å². The maximum atomic E-state index is 6.27. The SMILES string of the molecule is Cc1nn(C)c(CNCC2(N(C)C)CCCC2)c1Cl. The van der Waals surface area contributed by atoms with Gasteiger partial charge in [-0.15, -0.1) is 0 Å². The summed E-state index contributed by atoms with van der Waals surface area (Å²) < 4.78 is 1.88. The van der Waals surface area contributed by atoms with Gasteiger partial charge in [-0.2, -0.15) is 5.10 Å². The number of aryl methyl sites for hydroxylation is 2. The molecule has 5 heteroatoms. The summed E-state index contributed by atoms with van der Waals surface area (Å²) in [5.74, 6) is 0. The Labute approximate surface area is 121 Å². The van der Waals surface area contributed by atoms with Crippen molar-refractivity contribution >= 4 is 11.6 Å². The van der Waals surface area contributed by atoms with E-state index in [9.17, 15) is 0 Å². The Hall–Kier alpha value is -0.580. The Bertz CT molecular complexity index is 433. The quantitative estimate of drug-likeness (QED) is 0.901. The Balaban J connectivity index is 1.96. The molecule has 0 spiro atoms. The molecule has 1 aromatic heterocycles. The number of halogens is 1. The Morgan fingerprint density at radius 3 is 2.47 bits per heavy atom. The number of nitrogens with zero attached hydrogens (tertiary/aromatic N) is 3. The topological polar surface area (TPSA) is 33.1 Å². The molecular formula is C14H25ClN4. The Kier molecular flexibility index (Phi) is 4.54. The smallest absolute Gasteiger partial charge is 0.0860 e. The van der Waals surface area contributed by atoms with Gasteiger partial charge in [-0.25, -0.2) is 0 Å². The summed E-state index contributed by atoms with van der Waals surface area (Å²) in [6.07, 6.45) is 5.24. The molecule has 1 N–H and O–H groups in total. The maximum Gasteiger partial charge on any atom is 0.0860 e. The van der Waals surface area contributed by atoms with Gasteiger partial charge in [0.05, 0.1) is 16.4 Å². The fraction of sp³-hybridized carbons (Fsp3) is 0.786. The van der Waals surface area contributed by atoms with Crippen LogP contribution in [0, 0.1) is 6.92 Å². The van der Waals surface area contributed by atoms with E-state index in [2.05, 4.69) is 29.4 Å². The monoisotopic (exact) mass is 284 g/mol. The van der Waals surface area contributed by atoms with E-state index < -0.39 is 0 Å². The molecule has 1 aromatic rings. The number of rotatable bonds is 5. The highest BCUT2D eigenvalue weighted by molar-refractivity contribution is 6.31. The summed E-state index contributed by atoms with van der Waals surface area (Å²) in [5.41, 5.74) is 2.30. The van der Waals surface area contributed by atoms with E-state index >= 15 is 0 Å². The van der Waals surface area contributed by atoms with Crippen LogP contribution in [0.15, 0.2) is 0 Å². The zero-order valence-corrected chi connectivity index (χ0v) is 13.2. The maximum absolute atomic E-state index is 6.27. The van der Waals surface area contributed by atoms with E-state index in [0.717, 1.165) is 29.5 Å². The van der Waals surface area contributed by atoms with Gasteiger partial charge in [0.15, 0.2) is 0 Å². The van der Waals surface area contributed by atoms with Crippen molar-refractivity contribution in [1.29, 1.82) is 0 Å². The summed E-state index contributed by atoms with van der Waals surface area (Å²) in [6.45, 7) is 3.75. The van der Waals surface area contributed by atoms with Gasteiger partial charge in [0.1, 0.15) is 0 Å². The first-order valence-electron chi connectivity index (χ1n) is 7.02. The normalized spacial score (nSPS) is 18.4. The van der Waals surface area contributed by atoms with E-state index in [0.29, 0.717) is 5.54 Å². The van der Waals surface area contributed by atoms with Crippen molar-refractivity contribution in [2.24, 2.45) is 7.05 Å². The number of likely N-dealkylation sites (N-methyl/N-ethyl adjacent to an activating group) is 1. The predicted molar refractivity (Wildman–Crippen MR) is 79.5 cm³/mol. The number of hydrogen-bond donors (Lipinski definition) is 1. The van der Waals surface area contributed by atoms with E-state index in [1.54, 1.807) is 0 Å². The molecule has 4 nitrogen and oxygen atoms in total. The van der Waals surface area contributed by atoms with E-state index in [1.165, 1.54) is 25.7 Å². The van der Waals surface area contributed by atoms with Crippen molar-refractivity contribution in [3.63, 3.8) is 0 Å². The van der Waals surface area contributed by atoms with Crippen molar-refractivity contribution in [1.82, 2.24) is 20.0 Å². The van der Waals surface area contributed by atoms with Gasteiger partial charge >= 0.3 is 0 Å². The van der Waals surface area contributed by atoms with Gasteiger partial charge in [-0.1, -0.05) is 24.4 Å². The zero-order chi connectivity index (χ0) is 14.0. The van der Waals surface area contributed by atoms with Crippen molar-refractivity contribution in [3.8, 4) is 0 Å². The average Bonchev–Trinajstić information content (AvgIpc) is 2.91. The lowest BCUT2D eigenvalue weighted by Crippen LogP contribution is -2.49. The highest BCUT2D eigenvalue weighted by atomic mass is 35.5. The molecule has 0 aliphatic heterocycles. The van der Waals surface area contributed by atoms with Gasteiger partial charge < -0.3 is 10.2 Å². The minimum atomic E-state index is 0.320. The predicted octanol–water partition coefficient (Wildman–Crippen LogP) is 2.35. The van der Waals surface area contributed by atoms with Gasteiger partial charge in [0.2, 0.25) is 0 Å². The molecule has 0 aromatic carbocycles. The molecule has 1 fully saturated rings. The van der Waals surface area contributed by atoms with Crippen LogP contribution in [0.2, 0.25) is 5.02 Å². The lowest BCUT2D eigenvalue weighted by atomic mass is 9.96. The van der Waals surface area contributed by atoms with Crippen LogP contribution in [0.1, 0.15) is 37.1 Å². The minimum Gasteiger partial charge on any atom is -0.309 e. The highest BCUT2D eigenvalue weighted by Gasteiger charge is 2.35. The molecule has 0 bridgehead atoms. The molecule has 1 aliphatic carbocycles. The summed E-state index contributed by atoms with van der Waals surface area (Å²) in [5, 5.41) is 8.71. The highest BCUT2D eigenvalue weighted by Crippen LogP contribution is 2.33. The van der Waals surface area contributed by atoms with Gasteiger partial charge in [-0.05, 0) is 33.9 Å². The molecule has 0 unspecified atom stereocenters. The minimum absolute atomic E-state index is 0.320. The molecule has 1 aliphatic rings. The van der Waals surface area contributed by atoms with Gasteiger partial charge in [-0.3, -0.25) is 4.68 Å². The van der Waals surface area contributed by atoms with Gasteiger partial charge in [0, 0.05) is 25.7 Å². The van der Waals surface area contributed by atoms with Crippen molar-refractivity contribution in [2.45, 2.75) is 44.7 Å². The lowest BCUT2D eigenvalue weighted by Gasteiger charge is -2.36. The van der Waals surface area contributed by atoms with Crippen molar-refractivity contribution in [2.75, 3.05) is 20.6 Å². The second-order valence-electron chi connectivity index (χ2n) is 5.90. The summed E-state index contributed by atoms with van der Waals surface area (Å²) in [7, 11) is 6.33. The van der Waals surface area contributed by atoms with Crippen LogP contribution in [0.3, 0.4) is 0 Å². The summed E-state index contributed by atoms with van der Waals surface area (Å²) in [4.78, 5) is 2.38. The third-order valence-corrected chi connectivity index (χ3v) is 4.98. The first-order chi connectivity index (χ1) is 8.96. The number of hydrogen-bond acceptors (Lipinski definition) is 3. The fourth-order valence-electron chi connectivity index (χ4n) is 3.10.